The van der Waals surface area contributed by atoms with Crippen molar-refractivity contribution < 1.29 is 4.79 Å². The molecule has 0 saturated heterocycles. The Morgan fingerprint density at radius 2 is 1.95 bits per heavy atom. The minimum absolute atomic E-state index is 0.170. The van der Waals surface area contributed by atoms with Crippen LogP contribution in [0.3, 0.4) is 0 Å². The Bertz CT molecular complexity index is 797. The fourth-order valence-electron chi connectivity index (χ4n) is 1.91. The van der Waals surface area contributed by atoms with Crippen molar-refractivity contribution in [3.63, 3.8) is 0 Å². The molecule has 20 heavy (non-hydrogen) atoms. The van der Waals surface area contributed by atoms with Gasteiger partial charge in [-0.25, -0.2) is 0 Å². The third-order valence-corrected chi connectivity index (χ3v) is 3.88. The molecule has 0 aliphatic carbocycles. The number of halogens is 1. The van der Waals surface area contributed by atoms with E-state index in [0.29, 0.717) is 11.1 Å². The van der Waals surface area contributed by atoms with Gasteiger partial charge in [-0.3, -0.25) is 4.79 Å². The van der Waals surface area contributed by atoms with E-state index in [4.69, 9.17) is 0 Å². The number of H-pyrrole nitrogens is 1. The number of aromatic amines is 1. The molecule has 3 rings (SSSR count). The fraction of sp³-hybridized carbons (Fsp3) is 0.0714. The summed E-state index contributed by atoms with van der Waals surface area (Å²) in [5.41, 5.74) is 3.78. The molecule has 6 heteroatoms. The maximum absolute atomic E-state index is 12.2. The monoisotopic (exact) mass is 330 g/mol. The van der Waals surface area contributed by atoms with Crippen LogP contribution in [0.15, 0.2) is 40.9 Å². The van der Waals surface area contributed by atoms with Crippen LogP contribution >= 0.6 is 15.9 Å². The van der Waals surface area contributed by atoms with Gasteiger partial charge in [-0.15, -0.1) is 0 Å². The number of nitrogens with zero attached hydrogens (tertiary/aromatic N) is 2. The summed E-state index contributed by atoms with van der Waals surface area (Å²) in [7, 11) is 0. The maximum atomic E-state index is 12.2. The van der Waals surface area contributed by atoms with Crippen LogP contribution < -0.4 is 5.32 Å². The van der Waals surface area contributed by atoms with Crippen molar-refractivity contribution in [3.05, 3.63) is 52.0 Å². The molecule has 0 fully saturated rings. The fourth-order valence-corrected chi connectivity index (χ4v) is 2.15. The van der Waals surface area contributed by atoms with E-state index in [1.54, 1.807) is 18.2 Å². The van der Waals surface area contributed by atoms with Gasteiger partial charge in [0.2, 0.25) is 0 Å². The second-order valence-electron chi connectivity index (χ2n) is 4.45. The first-order valence-electron chi connectivity index (χ1n) is 6.01. The predicted molar refractivity (Wildman–Crippen MR) is 80.7 cm³/mol. The Hall–Kier alpha value is -2.21. The highest BCUT2D eigenvalue weighted by atomic mass is 79.9. The minimum atomic E-state index is -0.170. The average Bonchev–Trinajstić information content (AvgIpc) is 2.90. The summed E-state index contributed by atoms with van der Waals surface area (Å²) in [6, 6.07) is 10.9. The number of aryl methyl sites for hydroxylation is 1. The molecule has 100 valence electrons. The highest BCUT2D eigenvalue weighted by Crippen LogP contribution is 2.20. The second kappa shape index (κ2) is 5.05. The van der Waals surface area contributed by atoms with E-state index in [2.05, 4.69) is 36.7 Å². The van der Waals surface area contributed by atoms with Crippen molar-refractivity contribution >= 4 is 38.6 Å². The summed E-state index contributed by atoms with van der Waals surface area (Å²) in [5.74, 6) is -0.170. The van der Waals surface area contributed by atoms with Gasteiger partial charge in [0, 0.05) is 15.7 Å². The average molecular weight is 331 g/mol. The Balaban J connectivity index is 1.86. The number of benzene rings is 2. The van der Waals surface area contributed by atoms with Crippen LogP contribution in [0.1, 0.15) is 15.9 Å². The molecule has 1 aromatic heterocycles. The van der Waals surface area contributed by atoms with Crippen LogP contribution in [0.4, 0.5) is 5.69 Å². The molecule has 2 aromatic carbocycles. The van der Waals surface area contributed by atoms with Crippen LogP contribution in [0.25, 0.3) is 11.0 Å². The number of aromatic nitrogens is 3. The lowest BCUT2D eigenvalue weighted by Crippen LogP contribution is -2.11. The number of carbonyl (C=O) groups is 1. The van der Waals surface area contributed by atoms with Crippen LogP contribution in [-0.2, 0) is 0 Å². The number of hydrogen-bond donors (Lipinski definition) is 2. The molecular weight excluding hydrogens is 320 g/mol. The quantitative estimate of drug-likeness (QED) is 0.757. The number of fused-ring (bicyclic) bond motifs is 1. The molecule has 0 radical (unpaired) electrons. The van der Waals surface area contributed by atoms with Crippen LogP contribution in [-0.4, -0.2) is 21.3 Å². The van der Waals surface area contributed by atoms with Gasteiger partial charge in [-0.05, 0) is 48.9 Å². The Morgan fingerprint density at radius 1 is 1.15 bits per heavy atom. The van der Waals surface area contributed by atoms with Crippen molar-refractivity contribution in [1.29, 1.82) is 0 Å². The largest absolute Gasteiger partial charge is 0.322 e. The second-order valence-corrected chi connectivity index (χ2v) is 5.30. The van der Waals surface area contributed by atoms with Gasteiger partial charge < -0.3 is 5.32 Å². The topological polar surface area (TPSA) is 70.7 Å². The summed E-state index contributed by atoms with van der Waals surface area (Å²) < 4.78 is 1.01. The van der Waals surface area contributed by atoms with Crippen LogP contribution in [0.5, 0.6) is 0 Å². The molecule has 3 aromatic rings. The smallest absolute Gasteiger partial charge is 0.255 e. The van der Waals surface area contributed by atoms with Gasteiger partial charge in [0.1, 0.15) is 11.0 Å². The normalized spacial score (nSPS) is 10.7. The Labute approximate surface area is 123 Å². The first-order valence-corrected chi connectivity index (χ1v) is 6.81. The number of rotatable bonds is 2. The maximum Gasteiger partial charge on any atom is 0.255 e. The molecule has 0 spiro atoms. The lowest BCUT2D eigenvalue weighted by atomic mass is 10.1. The standard InChI is InChI=1S/C14H11BrN4O/c1-8-6-10(3-4-11(8)15)16-14(20)9-2-5-12-13(7-9)18-19-17-12/h2-7H,1H3,(H,16,20)(H,17,18,19). The van der Waals surface area contributed by atoms with Gasteiger partial charge in [-0.1, -0.05) is 15.9 Å². The number of nitrogens with one attached hydrogen (secondary N) is 2. The molecule has 5 nitrogen and oxygen atoms in total. The third kappa shape index (κ3) is 2.42. The van der Waals surface area contributed by atoms with E-state index < -0.39 is 0 Å². The van der Waals surface area contributed by atoms with Crippen molar-refractivity contribution in [3.8, 4) is 0 Å². The Morgan fingerprint density at radius 3 is 2.75 bits per heavy atom. The Kier molecular flexibility index (Phi) is 3.23. The van der Waals surface area contributed by atoms with Gasteiger partial charge in [0.05, 0.1) is 0 Å². The van der Waals surface area contributed by atoms with Crippen molar-refractivity contribution in [2.75, 3.05) is 5.32 Å². The first-order chi connectivity index (χ1) is 9.63. The molecule has 0 bridgehead atoms. The van der Waals surface area contributed by atoms with Crippen molar-refractivity contribution in [2.45, 2.75) is 6.92 Å². The number of amides is 1. The lowest BCUT2D eigenvalue weighted by Gasteiger charge is -2.07. The number of carbonyl (C=O) groups excluding carboxylic acids is 1. The van der Waals surface area contributed by atoms with Crippen molar-refractivity contribution in [2.24, 2.45) is 0 Å². The molecule has 2 N–H and O–H groups in total. The van der Waals surface area contributed by atoms with Crippen LogP contribution in [0, 0.1) is 6.92 Å². The highest BCUT2D eigenvalue weighted by Gasteiger charge is 2.09. The number of anilines is 1. The summed E-state index contributed by atoms with van der Waals surface area (Å²) >= 11 is 3.43. The molecule has 0 atom stereocenters. The summed E-state index contributed by atoms with van der Waals surface area (Å²) in [5, 5.41) is 13.3. The SMILES string of the molecule is Cc1cc(NC(=O)c2ccc3n[nH]nc3c2)ccc1Br. The minimum Gasteiger partial charge on any atom is -0.322 e. The molecular formula is C14H11BrN4O. The number of hydrogen-bond acceptors (Lipinski definition) is 3. The van der Waals surface area contributed by atoms with Gasteiger partial charge >= 0.3 is 0 Å². The first kappa shape index (κ1) is 12.8. The predicted octanol–water partition coefficient (Wildman–Crippen LogP) is 3.28. The molecule has 1 heterocycles. The summed E-state index contributed by atoms with van der Waals surface area (Å²) in [4.78, 5) is 12.2. The van der Waals surface area contributed by atoms with E-state index in [1.807, 2.05) is 25.1 Å². The van der Waals surface area contributed by atoms with Gasteiger partial charge in [-0.2, -0.15) is 15.4 Å². The molecule has 1 amide bonds. The zero-order valence-electron chi connectivity index (χ0n) is 10.6. The van der Waals surface area contributed by atoms with Gasteiger partial charge in [0.15, 0.2) is 0 Å². The van der Waals surface area contributed by atoms with E-state index in [1.165, 1.54) is 0 Å². The zero-order chi connectivity index (χ0) is 14.1. The third-order valence-electron chi connectivity index (χ3n) is 2.99. The van der Waals surface area contributed by atoms with E-state index in [9.17, 15) is 4.79 Å². The zero-order valence-corrected chi connectivity index (χ0v) is 12.2. The van der Waals surface area contributed by atoms with E-state index >= 15 is 0 Å². The van der Waals surface area contributed by atoms with Crippen molar-refractivity contribution in [1.82, 2.24) is 15.4 Å². The van der Waals surface area contributed by atoms with Gasteiger partial charge in [0.25, 0.3) is 5.91 Å². The summed E-state index contributed by atoms with van der Waals surface area (Å²) in [6.45, 7) is 1.97. The molecule has 0 saturated carbocycles. The molecule has 0 aliphatic heterocycles. The van der Waals surface area contributed by atoms with E-state index in [0.717, 1.165) is 21.2 Å². The lowest BCUT2D eigenvalue weighted by molar-refractivity contribution is 0.102. The molecule has 0 aliphatic rings. The molecule has 0 unspecified atom stereocenters. The summed E-state index contributed by atoms with van der Waals surface area (Å²) in [6.07, 6.45) is 0. The highest BCUT2D eigenvalue weighted by molar-refractivity contribution is 9.10. The van der Waals surface area contributed by atoms with Crippen LogP contribution in [0.2, 0.25) is 0 Å². The van der Waals surface area contributed by atoms with E-state index in [-0.39, 0.29) is 5.91 Å².